The minimum Gasteiger partial charge on any atom is -0.308 e. The van der Waals surface area contributed by atoms with Gasteiger partial charge in [0.2, 0.25) is 0 Å². The molecule has 0 bridgehead atoms. The van der Waals surface area contributed by atoms with Gasteiger partial charge in [0.1, 0.15) is 0 Å². The van der Waals surface area contributed by atoms with Gasteiger partial charge in [-0.3, -0.25) is 0 Å². The predicted molar refractivity (Wildman–Crippen MR) is 75.4 cm³/mol. The number of hydrogen-bond acceptors (Lipinski definition) is 2. The summed E-state index contributed by atoms with van der Waals surface area (Å²) in [6.45, 7) is 4.59. The number of aryl methyl sites for hydroxylation is 1. The normalized spacial score (nSPS) is 13.3. The van der Waals surface area contributed by atoms with E-state index in [4.69, 9.17) is 0 Å². The molecule has 0 saturated heterocycles. The highest BCUT2D eigenvalue weighted by molar-refractivity contribution is 5.14. The van der Waals surface area contributed by atoms with Crippen molar-refractivity contribution in [2.75, 3.05) is 34.2 Å². The minimum absolute atomic E-state index is 0.648. The van der Waals surface area contributed by atoms with Crippen molar-refractivity contribution in [1.82, 2.24) is 9.80 Å². The van der Waals surface area contributed by atoms with Crippen LogP contribution in [0.4, 0.5) is 0 Å². The molecule has 0 fully saturated rings. The van der Waals surface area contributed by atoms with E-state index in [1.165, 1.54) is 18.4 Å². The van der Waals surface area contributed by atoms with Crippen molar-refractivity contribution in [3.63, 3.8) is 0 Å². The maximum Gasteiger partial charge on any atom is 0.0109 e. The van der Waals surface area contributed by atoms with Crippen molar-refractivity contribution in [2.24, 2.45) is 0 Å². The Labute approximate surface area is 106 Å². The summed E-state index contributed by atoms with van der Waals surface area (Å²) in [5.41, 5.74) is 1.44. The third-order valence-electron chi connectivity index (χ3n) is 3.35. The number of benzene rings is 1. The Kier molecular flexibility index (Phi) is 6.23. The van der Waals surface area contributed by atoms with Crippen molar-refractivity contribution in [2.45, 2.75) is 25.8 Å². The van der Waals surface area contributed by atoms with Crippen LogP contribution < -0.4 is 0 Å². The molecule has 0 aliphatic heterocycles. The molecule has 0 heterocycles. The van der Waals surface area contributed by atoms with E-state index in [0.29, 0.717) is 6.04 Å². The van der Waals surface area contributed by atoms with Crippen molar-refractivity contribution in [3.05, 3.63) is 35.9 Å². The molecule has 0 N–H and O–H groups in total. The molecule has 2 heteroatoms. The van der Waals surface area contributed by atoms with Gasteiger partial charge in [-0.15, -0.1) is 0 Å². The lowest BCUT2D eigenvalue weighted by atomic mass is 10.1. The average Bonchev–Trinajstić information content (AvgIpc) is 2.34. The zero-order chi connectivity index (χ0) is 12.7. The van der Waals surface area contributed by atoms with Crippen molar-refractivity contribution < 1.29 is 0 Å². The van der Waals surface area contributed by atoms with Crippen LogP contribution >= 0.6 is 0 Å². The molecule has 1 atom stereocenters. The second-order valence-electron chi connectivity index (χ2n) is 5.16. The second kappa shape index (κ2) is 7.46. The van der Waals surface area contributed by atoms with Crippen molar-refractivity contribution >= 4 is 0 Å². The fourth-order valence-electron chi connectivity index (χ4n) is 1.82. The van der Waals surface area contributed by atoms with Gasteiger partial charge in [0.25, 0.3) is 0 Å². The molecule has 17 heavy (non-hydrogen) atoms. The molecule has 0 spiro atoms. The standard InChI is InChI=1S/C15H26N2/c1-14(17(4)13-12-16(2)3)10-11-15-8-6-5-7-9-15/h5-9,14H,10-13H2,1-4H3/t14-/m0/s1. The Balaban J connectivity index is 2.26. The van der Waals surface area contributed by atoms with Crippen LogP contribution in [0.2, 0.25) is 0 Å². The molecular weight excluding hydrogens is 208 g/mol. The zero-order valence-electron chi connectivity index (χ0n) is 11.7. The zero-order valence-corrected chi connectivity index (χ0v) is 11.7. The Hall–Kier alpha value is -0.860. The highest BCUT2D eigenvalue weighted by Crippen LogP contribution is 2.08. The summed E-state index contributed by atoms with van der Waals surface area (Å²) in [5.74, 6) is 0. The summed E-state index contributed by atoms with van der Waals surface area (Å²) >= 11 is 0. The maximum absolute atomic E-state index is 2.45. The molecule has 0 aliphatic rings. The smallest absolute Gasteiger partial charge is 0.0109 e. The van der Waals surface area contributed by atoms with E-state index >= 15 is 0 Å². The van der Waals surface area contributed by atoms with Gasteiger partial charge in [0.05, 0.1) is 0 Å². The van der Waals surface area contributed by atoms with Gasteiger partial charge in [-0.25, -0.2) is 0 Å². The highest BCUT2D eigenvalue weighted by Gasteiger charge is 2.08. The van der Waals surface area contributed by atoms with Gasteiger partial charge in [0, 0.05) is 19.1 Å². The first-order valence-corrected chi connectivity index (χ1v) is 6.48. The van der Waals surface area contributed by atoms with E-state index in [0.717, 1.165) is 13.1 Å². The molecule has 1 aromatic carbocycles. The molecule has 0 saturated carbocycles. The third-order valence-corrected chi connectivity index (χ3v) is 3.35. The number of rotatable bonds is 7. The van der Waals surface area contributed by atoms with E-state index < -0.39 is 0 Å². The summed E-state index contributed by atoms with van der Waals surface area (Å²) in [6.07, 6.45) is 2.41. The van der Waals surface area contributed by atoms with Gasteiger partial charge in [-0.2, -0.15) is 0 Å². The van der Waals surface area contributed by atoms with E-state index in [2.05, 4.69) is 68.2 Å². The van der Waals surface area contributed by atoms with Crippen LogP contribution in [0.1, 0.15) is 18.9 Å². The summed E-state index contributed by atoms with van der Waals surface area (Å²) < 4.78 is 0. The van der Waals surface area contributed by atoms with Crippen LogP contribution in [0.3, 0.4) is 0 Å². The molecule has 0 aromatic heterocycles. The van der Waals surface area contributed by atoms with E-state index in [1.54, 1.807) is 0 Å². The van der Waals surface area contributed by atoms with Crippen LogP contribution in [0, 0.1) is 0 Å². The van der Waals surface area contributed by atoms with Gasteiger partial charge in [-0.05, 0) is 46.5 Å². The quantitative estimate of drug-likeness (QED) is 0.715. The third kappa shape index (κ3) is 5.85. The molecule has 1 aromatic rings. The molecule has 1 rings (SSSR count). The van der Waals surface area contributed by atoms with Crippen LogP contribution in [-0.2, 0) is 6.42 Å². The topological polar surface area (TPSA) is 6.48 Å². The highest BCUT2D eigenvalue weighted by atomic mass is 15.2. The first-order chi connectivity index (χ1) is 8.09. The summed E-state index contributed by atoms with van der Waals surface area (Å²) in [5, 5.41) is 0. The first kappa shape index (κ1) is 14.2. The van der Waals surface area contributed by atoms with E-state index in [-0.39, 0.29) is 0 Å². The van der Waals surface area contributed by atoms with Crippen LogP contribution in [0.15, 0.2) is 30.3 Å². The first-order valence-electron chi connectivity index (χ1n) is 6.48. The SMILES string of the molecule is C[C@@H](CCc1ccccc1)N(C)CCN(C)C. The second-order valence-corrected chi connectivity index (χ2v) is 5.16. The Morgan fingerprint density at radius 3 is 2.24 bits per heavy atom. The minimum atomic E-state index is 0.648. The van der Waals surface area contributed by atoms with Crippen LogP contribution in [-0.4, -0.2) is 50.1 Å². The maximum atomic E-state index is 2.45. The van der Waals surface area contributed by atoms with Crippen molar-refractivity contribution in [3.8, 4) is 0 Å². The molecule has 96 valence electrons. The lowest BCUT2D eigenvalue weighted by Crippen LogP contribution is -2.35. The number of nitrogens with zero attached hydrogens (tertiary/aromatic N) is 2. The number of likely N-dealkylation sites (N-methyl/N-ethyl adjacent to an activating group) is 2. The number of hydrogen-bond donors (Lipinski definition) is 0. The van der Waals surface area contributed by atoms with Crippen molar-refractivity contribution in [1.29, 1.82) is 0 Å². The monoisotopic (exact) mass is 234 g/mol. The molecule has 2 nitrogen and oxygen atoms in total. The molecular formula is C15H26N2. The Bertz CT molecular complexity index is 295. The Morgan fingerprint density at radius 1 is 1.00 bits per heavy atom. The summed E-state index contributed by atoms with van der Waals surface area (Å²) in [4.78, 5) is 4.68. The van der Waals surface area contributed by atoms with Crippen LogP contribution in [0.5, 0.6) is 0 Å². The molecule has 0 amide bonds. The molecule has 0 aliphatic carbocycles. The van der Waals surface area contributed by atoms with Gasteiger partial charge in [0.15, 0.2) is 0 Å². The lowest BCUT2D eigenvalue weighted by molar-refractivity contribution is 0.220. The fraction of sp³-hybridized carbons (Fsp3) is 0.600. The summed E-state index contributed by atoms with van der Waals surface area (Å²) in [7, 11) is 6.48. The van der Waals surface area contributed by atoms with Gasteiger partial charge >= 0.3 is 0 Å². The van der Waals surface area contributed by atoms with Gasteiger partial charge < -0.3 is 9.80 Å². The summed E-state index contributed by atoms with van der Waals surface area (Å²) in [6, 6.07) is 11.4. The largest absolute Gasteiger partial charge is 0.308 e. The van der Waals surface area contributed by atoms with E-state index in [1.807, 2.05) is 0 Å². The van der Waals surface area contributed by atoms with E-state index in [9.17, 15) is 0 Å². The fourth-order valence-corrected chi connectivity index (χ4v) is 1.82. The van der Waals surface area contributed by atoms with Gasteiger partial charge in [-0.1, -0.05) is 30.3 Å². The lowest BCUT2D eigenvalue weighted by Gasteiger charge is -2.26. The van der Waals surface area contributed by atoms with Crippen LogP contribution in [0.25, 0.3) is 0 Å². The average molecular weight is 234 g/mol. The molecule has 0 unspecified atom stereocenters. The predicted octanol–water partition coefficient (Wildman–Crippen LogP) is 2.50. The Morgan fingerprint density at radius 2 is 1.65 bits per heavy atom. The molecule has 0 radical (unpaired) electrons.